The minimum Gasteiger partial charge on any atom is -0.493 e. The number of ether oxygens (including phenoxy) is 3. The minimum absolute atomic E-state index is 0.281. The number of anilines is 1. The summed E-state index contributed by atoms with van der Waals surface area (Å²) in [6, 6.07) is 7.42. The third-order valence-corrected chi connectivity index (χ3v) is 4.14. The van der Waals surface area contributed by atoms with Crippen LogP contribution in [0.2, 0.25) is 0 Å². The fraction of sp³-hybridized carbons (Fsp3) is 0.350. The Bertz CT molecular complexity index is 780. The third kappa shape index (κ3) is 4.20. The van der Waals surface area contributed by atoms with Crippen LogP contribution in [0.3, 0.4) is 0 Å². The van der Waals surface area contributed by atoms with E-state index in [9.17, 15) is 4.79 Å². The SMILES string of the molecule is COc1ccc(CNC(=O)Nc2c(C)cc(C)cc2C)c(OC)c1OC. The van der Waals surface area contributed by atoms with Crippen molar-refractivity contribution < 1.29 is 19.0 Å². The van der Waals surface area contributed by atoms with E-state index in [4.69, 9.17) is 14.2 Å². The van der Waals surface area contributed by atoms with Crippen molar-refractivity contribution in [3.05, 3.63) is 46.5 Å². The van der Waals surface area contributed by atoms with Crippen molar-refractivity contribution in [2.45, 2.75) is 27.3 Å². The lowest BCUT2D eigenvalue weighted by Crippen LogP contribution is -2.29. The van der Waals surface area contributed by atoms with Gasteiger partial charge in [-0.25, -0.2) is 4.79 Å². The molecule has 0 aromatic heterocycles. The Morgan fingerprint density at radius 1 is 0.923 bits per heavy atom. The monoisotopic (exact) mass is 358 g/mol. The molecule has 0 bridgehead atoms. The first kappa shape index (κ1) is 19.4. The van der Waals surface area contributed by atoms with E-state index in [0.29, 0.717) is 23.8 Å². The Kier molecular flexibility index (Phi) is 6.33. The zero-order valence-electron chi connectivity index (χ0n) is 16.1. The molecule has 2 aromatic rings. The zero-order valence-corrected chi connectivity index (χ0v) is 16.1. The summed E-state index contributed by atoms with van der Waals surface area (Å²) in [6.45, 7) is 6.28. The van der Waals surface area contributed by atoms with Crippen molar-refractivity contribution in [2.75, 3.05) is 26.6 Å². The lowest BCUT2D eigenvalue weighted by atomic mass is 10.1. The van der Waals surface area contributed by atoms with Crippen molar-refractivity contribution in [3.63, 3.8) is 0 Å². The van der Waals surface area contributed by atoms with Crippen molar-refractivity contribution in [1.82, 2.24) is 5.32 Å². The van der Waals surface area contributed by atoms with Crippen LogP contribution < -0.4 is 24.8 Å². The summed E-state index contributed by atoms with van der Waals surface area (Å²) in [5, 5.41) is 5.77. The fourth-order valence-electron chi connectivity index (χ4n) is 3.01. The number of hydrogen-bond donors (Lipinski definition) is 2. The van der Waals surface area contributed by atoms with E-state index in [2.05, 4.69) is 10.6 Å². The van der Waals surface area contributed by atoms with Crippen LogP contribution in [0, 0.1) is 20.8 Å². The Labute approximate surface area is 154 Å². The molecular weight excluding hydrogens is 332 g/mol. The van der Waals surface area contributed by atoms with Crippen LogP contribution in [-0.2, 0) is 6.54 Å². The molecule has 26 heavy (non-hydrogen) atoms. The van der Waals surface area contributed by atoms with Crippen molar-refractivity contribution in [3.8, 4) is 17.2 Å². The van der Waals surface area contributed by atoms with Gasteiger partial charge in [0, 0.05) is 17.8 Å². The van der Waals surface area contributed by atoms with E-state index >= 15 is 0 Å². The third-order valence-electron chi connectivity index (χ3n) is 4.14. The van der Waals surface area contributed by atoms with Gasteiger partial charge in [0.15, 0.2) is 11.5 Å². The standard InChI is InChI=1S/C20H26N2O4/c1-12-9-13(2)17(14(3)10-12)22-20(23)21-11-15-7-8-16(24-4)19(26-6)18(15)25-5/h7-10H,11H2,1-6H3,(H2,21,22,23). The number of hydrogen-bond acceptors (Lipinski definition) is 4. The van der Waals surface area contributed by atoms with E-state index in [-0.39, 0.29) is 6.03 Å². The highest BCUT2D eigenvalue weighted by Crippen LogP contribution is 2.39. The smallest absolute Gasteiger partial charge is 0.319 e. The molecule has 0 unspecified atom stereocenters. The highest BCUT2D eigenvalue weighted by atomic mass is 16.5. The number of methoxy groups -OCH3 is 3. The van der Waals surface area contributed by atoms with Crippen LogP contribution in [0.15, 0.2) is 24.3 Å². The number of aryl methyl sites for hydroxylation is 3. The molecule has 0 aliphatic carbocycles. The van der Waals surface area contributed by atoms with Gasteiger partial charge in [-0.1, -0.05) is 17.7 Å². The van der Waals surface area contributed by atoms with Crippen LogP contribution in [0.1, 0.15) is 22.3 Å². The maximum Gasteiger partial charge on any atom is 0.319 e. The van der Waals surface area contributed by atoms with Gasteiger partial charge >= 0.3 is 6.03 Å². The molecule has 0 radical (unpaired) electrons. The average Bonchev–Trinajstić information content (AvgIpc) is 2.61. The van der Waals surface area contributed by atoms with Gasteiger partial charge in [-0.2, -0.15) is 0 Å². The topological polar surface area (TPSA) is 68.8 Å². The van der Waals surface area contributed by atoms with Crippen LogP contribution in [0.5, 0.6) is 17.2 Å². The van der Waals surface area contributed by atoms with E-state index in [0.717, 1.165) is 22.4 Å². The molecule has 0 aliphatic rings. The number of benzene rings is 2. The summed E-state index contributed by atoms with van der Waals surface area (Å²) in [6.07, 6.45) is 0. The highest BCUT2D eigenvalue weighted by molar-refractivity contribution is 5.91. The first-order chi connectivity index (χ1) is 12.4. The van der Waals surface area contributed by atoms with Gasteiger partial charge in [-0.15, -0.1) is 0 Å². The van der Waals surface area contributed by atoms with Gasteiger partial charge in [0.25, 0.3) is 0 Å². The molecule has 0 atom stereocenters. The van der Waals surface area contributed by atoms with Gasteiger partial charge in [0.05, 0.1) is 21.3 Å². The molecule has 0 spiro atoms. The summed E-state index contributed by atoms with van der Waals surface area (Å²) >= 11 is 0. The number of carbonyl (C=O) groups is 1. The van der Waals surface area contributed by atoms with Crippen molar-refractivity contribution in [1.29, 1.82) is 0 Å². The number of urea groups is 1. The first-order valence-electron chi connectivity index (χ1n) is 8.31. The molecule has 0 saturated carbocycles. The number of carbonyl (C=O) groups excluding carboxylic acids is 1. The van der Waals surface area contributed by atoms with E-state index in [1.165, 1.54) is 5.56 Å². The summed E-state index contributed by atoms with van der Waals surface area (Å²) < 4.78 is 16.1. The fourth-order valence-corrected chi connectivity index (χ4v) is 3.01. The summed E-state index contributed by atoms with van der Waals surface area (Å²) in [7, 11) is 4.67. The quantitative estimate of drug-likeness (QED) is 0.820. The van der Waals surface area contributed by atoms with Crippen LogP contribution in [-0.4, -0.2) is 27.4 Å². The molecule has 0 heterocycles. The largest absolute Gasteiger partial charge is 0.493 e. The molecule has 2 N–H and O–H groups in total. The molecule has 140 valence electrons. The molecule has 2 aromatic carbocycles. The Balaban J connectivity index is 2.13. The van der Waals surface area contributed by atoms with Crippen LogP contribution >= 0.6 is 0 Å². The van der Waals surface area contributed by atoms with Crippen molar-refractivity contribution in [2.24, 2.45) is 0 Å². The lowest BCUT2D eigenvalue weighted by molar-refractivity contribution is 0.251. The van der Waals surface area contributed by atoms with E-state index in [1.807, 2.05) is 39.0 Å². The summed E-state index contributed by atoms with van der Waals surface area (Å²) in [5.41, 5.74) is 4.84. The Morgan fingerprint density at radius 3 is 2.08 bits per heavy atom. The molecule has 2 rings (SSSR count). The van der Waals surface area contributed by atoms with Gasteiger partial charge < -0.3 is 24.8 Å². The molecule has 0 fully saturated rings. The molecule has 6 nitrogen and oxygen atoms in total. The number of rotatable bonds is 6. The first-order valence-corrected chi connectivity index (χ1v) is 8.31. The summed E-state index contributed by atoms with van der Waals surface area (Å²) in [4.78, 5) is 12.3. The van der Waals surface area contributed by atoms with E-state index in [1.54, 1.807) is 27.4 Å². The van der Waals surface area contributed by atoms with Gasteiger partial charge in [-0.3, -0.25) is 0 Å². The molecule has 2 amide bonds. The highest BCUT2D eigenvalue weighted by Gasteiger charge is 2.16. The molecule has 6 heteroatoms. The minimum atomic E-state index is -0.281. The predicted molar refractivity (Wildman–Crippen MR) is 103 cm³/mol. The maximum atomic E-state index is 12.3. The second-order valence-corrected chi connectivity index (χ2v) is 6.07. The van der Waals surface area contributed by atoms with Gasteiger partial charge in [0.2, 0.25) is 5.75 Å². The second kappa shape index (κ2) is 8.47. The average molecular weight is 358 g/mol. The normalized spacial score (nSPS) is 10.2. The van der Waals surface area contributed by atoms with E-state index < -0.39 is 0 Å². The molecule has 0 saturated heterocycles. The van der Waals surface area contributed by atoms with Crippen molar-refractivity contribution >= 4 is 11.7 Å². The van der Waals surface area contributed by atoms with Crippen LogP contribution in [0.4, 0.5) is 10.5 Å². The molecule has 0 aliphatic heterocycles. The number of amides is 2. The second-order valence-electron chi connectivity index (χ2n) is 6.07. The maximum absolute atomic E-state index is 12.3. The zero-order chi connectivity index (χ0) is 19.3. The Hall–Kier alpha value is -2.89. The predicted octanol–water partition coefficient (Wildman–Crippen LogP) is 3.96. The summed E-state index contributed by atoms with van der Waals surface area (Å²) in [5.74, 6) is 1.61. The lowest BCUT2D eigenvalue weighted by Gasteiger charge is -2.17. The molecular formula is C20H26N2O4. The number of nitrogens with one attached hydrogen (secondary N) is 2. The Morgan fingerprint density at radius 2 is 1.54 bits per heavy atom. The van der Waals surface area contributed by atoms with Gasteiger partial charge in [0.1, 0.15) is 0 Å². The van der Waals surface area contributed by atoms with Gasteiger partial charge in [-0.05, 0) is 44.0 Å². The van der Waals surface area contributed by atoms with Crippen LogP contribution in [0.25, 0.3) is 0 Å².